The minimum atomic E-state index is 0.365. The van der Waals surface area contributed by atoms with Crippen molar-refractivity contribution in [3.05, 3.63) is 0 Å². The standard InChI is InChI=1S/C7H14N2/c1-6(2)9-5-4-7(3)8/h5-6,8H,4H2,1-3H3. The van der Waals surface area contributed by atoms with Gasteiger partial charge >= 0.3 is 0 Å². The zero-order chi connectivity index (χ0) is 7.28. The summed E-state index contributed by atoms with van der Waals surface area (Å²) in [5.41, 5.74) is 0.666. The van der Waals surface area contributed by atoms with Crippen LogP contribution < -0.4 is 0 Å². The molecule has 0 saturated carbocycles. The van der Waals surface area contributed by atoms with Gasteiger partial charge in [0.2, 0.25) is 0 Å². The van der Waals surface area contributed by atoms with Crippen molar-refractivity contribution in [2.75, 3.05) is 0 Å². The Morgan fingerprint density at radius 1 is 1.67 bits per heavy atom. The summed E-state index contributed by atoms with van der Waals surface area (Å²) in [5, 5.41) is 7.05. The Balaban J connectivity index is 3.36. The third kappa shape index (κ3) is 7.34. The fraction of sp³-hybridized carbons (Fsp3) is 0.714. The van der Waals surface area contributed by atoms with Crippen LogP contribution in [0.15, 0.2) is 4.99 Å². The van der Waals surface area contributed by atoms with E-state index in [9.17, 15) is 0 Å². The molecule has 0 aromatic rings. The average molecular weight is 126 g/mol. The quantitative estimate of drug-likeness (QED) is 0.561. The van der Waals surface area contributed by atoms with Crippen LogP contribution in [0.4, 0.5) is 0 Å². The molecule has 0 unspecified atom stereocenters. The lowest BCUT2D eigenvalue weighted by atomic mass is 10.3. The lowest BCUT2D eigenvalue weighted by Crippen LogP contribution is -1.93. The van der Waals surface area contributed by atoms with Crippen molar-refractivity contribution in [1.29, 1.82) is 5.41 Å². The molecule has 0 heterocycles. The number of aliphatic imine (C=N–C) groups is 1. The molecular formula is C7H14N2. The smallest absolute Gasteiger partial charge is 0.0439 e. The summed E-state index contributed by atoms with van der Waals surface area (Å²) >= 11 is 0. The Kier molecular flexibility index (Phi) is 3.93. The summed E-state index contributed by atoms with van der Waals surface area (Å²) in [6.07, 6.45) is 2.49. The average Bonchev–Trinajstić information content (AvgIpc) is 1.63. The lowest BCUT2D eigenvalue weighted by molar-refractivity contribution is 0.839. The molecule has 0 aliphatic carbocycles. The summed E-state index contributed by atoms with van der Waals surface area (Å²) in [6, 6.07) is 0.365. The molecule has 0 aromatic carbocycles. The Labute approximate surface area is 56.5 Å². The van der Waals surface area contributed by atoms with Gasteiger partial charge in [-0.25, -0.2) is 0 Å². The maximum Gasteiger partial charge on any atom is 0.0439 e. The van der Waals surface area contributed by atoms with Crippen molar-refractivity contribution < 1.29 is 0 Å². The van der Waals surface area contributed by atoms with Gasteiger partial charge in [-0.15, -0.1) is 0 Å². The van der Waals surface area contributed by atoms with Gasteiger partial charge < -0.3 is 5.41 Å². The van der Waals surface area contributed by atoms with Gasteiger partial charge in [0.05, 0.1) is 0 Å². The van der Waals surface area contributed by atoms with E-state index in [4.69, 9.17) is 5.41 Å². The van der Waals surface area contributed by atoms with E-state index in [-0.39, 0.29) is 0 Å². The number of hydrogen-bond acceptors (Lipinski definition) is 2. The highest BCUT2D eigenvalue weighted by molar-refractivity contribution is 5.91. The van der Waals surface area contributed by atoms with Crippen LogP contribution in [0, 0.1) is 5.41 Å². The van der Waals surface area contributed by atoms with Crippen molar-refractivity contribution in [2.45, 2.75) is 33.2 Å². The fourth-order valence-corrected chi connectivity index (χ4v) is 0.400. The molecule has 52 valence electrons. The normalized spacial score (nSPS) is 11.1. The number of hydrogen-bond donors (Lipinski definition) is 1. The molecule has 0 atom stereocenters. The van der Waals surface area contributed by atoms with Crippen molar-refractivity contribution in [3.8, 4) is 0 Å². The molecular weight excluding hydrogens is 112 g/mol. The molecule has 0 rings (SSSR count). The maximum atomic E-state index is 7.05. The molecule has 0 amide bonds. The van der Waals surface area contributed by atoms with Gasteiger partial charge in [-0.05, 0) is 20.8 Å². The van der Waals surface area contributed by atoms with E-state index in [2.05, 4.69) is 4.99 Å². The van der Waals surface area contributed by atoms with Crippen LogP contribution in [0.2, 0.25) is 0 Å². The van der Waals surface area contributed by atoms with E-state index < -0.39 is 0 Å². The first-order valence-corrected chi connectivity index (χ1v) is 3.18. The van der Waals surface area contributed by atoms with Gasteiger partial charge in [-0.1, -0.05) is 0 Å². The van der Waals surface area contributed by atoms with Crippen LogP contribution in [-0.4, -0.2) is 18.0 Å². The molecule has 0 radical (unpaired) electrons. The van der Waals surface area contributed by atoms with Crippen molar-refractivity contribution in [3.63, 3.8) is 0 Å². The first-order valence-electron chi connectivity index (χ1n) is 3.18. The monoisotopic (exact) mass is 126 g/mol. The first-order chi connectivity index (χ1) is 4.13. The molecule has 2 nitrogen and oxygen atoms in total. The van der Waals surface area contributed by atoms with Gasteiger partial charge in [0, 0.05) is 24.4 Å². The number of rotatable bonds is 3. The second kappa shape index (κ2) is 4.24. The van der Waals surface area contributed by atoms with Crippen molar-refractivity contribution in [2.24, 2.45) is 4.99 Å². The Morgan fingerprint density at radius 3 is 2.56 bits per heavy atom. The summed E-state index contributed by atoms with van der Waals surface area (Å²) in [6.45, 7) is 5.83. The summed E-state index contributed by atoms with van der Waals surface area (Å²) in [4.78, 5) is 4.10. The summed E-state index contributed by atoms with van der Waals surface area (Å²) in [5.74, 6) is 0. The van der Waals surface area contributed by atoms with E-state index in [1.165, 1.54) is 0 Å². The molecule has 9 heavy (non-hydrogen) atoms. The van der Waals surface area contributed by atoms with Crippen LogP contribution in [0.25, 0.3) is 0 Å². The molecule has 0 aromatic heterocycles. The van der Waals surface area contributed by atoms with Crippen LogP contribution >= 0.6 is 0 Å². The Morgan fingerprint density at radius 2 is 2.22 bits per heavy atom. The number of nitrogens with zero attached hydrogens (tertiary/aromatic N) is 1. The van der Waals surface area contributed by atoms with Crippen LogP contribution in [0.1, 0.15) is 27.2 Å². The highest BCUT2D eigenvalue weighted by Crippen LogP contribution is 1.84. The SMILES string of the molecule is CC(=N)CC=NC(C)C. The van der Waals surface area contributed by atoms with E-state index >= 15 is 0 Å². The topological polar surface area (TPSA) is 36.2 Å². The van der Waals surface area contributed by atoms with E-state index in [1.807, 2.05) is 13.8 Å². The summed E-state index contributed by atoms with van der Waals surface area (Å²) < 4.78 is 0. The third-order valence-corrected chi connectivity index (χ3v) is 0.801. The predicted octanol–water partition coefficient (Wildman–Crippen LogP) is 1.90. The van der Waals surface area contributed by atoms with E-state index in [0.717, 1.165) is 0 Å². The second-order valence-corrected chi connectivity index (χ2v) is 2.41. The predicted molar refractivity (Wildman–Crippen MR) is 41.6 cm³/mol. The molecule has 0 saturated heterocycles. The minimum Gasteiger partial charge on any atom is -0.310 e. The zero-order valence-corrected chi connectivity index (χ0v) is 6.31. The largest absolute Gasteiger partial charge is 0.310 e. The molecule has 2 heteroatoms. The van der Waals surface area contributed by atoms with Gasteiger partial charge in [-0.3, -0.25) is 4.99 Å². The van der Waals surface area contributed by atoms with Crippen molar-refractivity contribution >= 4 is 11.9 Å². The van der Waals surface area contributed by atoms with Crippen molar-refractivity contribution in [1.82, 2.24) is 0 Å². The zero-order valence-electron chi connectivity index (χ0n) is 6.31. The highest BCUT2D eigenvalue weighted by Gasteiger charge is 1.84. The van der Waals surface area contributed by atoms with Crippen LogP contribution in [-0.2, 0) is 0 Å². The molecule has 0 spiro atoms. The molecule has 1 N–H and O–H groups in total. The first kappa shape index (κ1) is 8.34. The second-order valence-electron chi connectivity index (χ2n) is 2.41. The molecule has 0 bridgehead atoms. The fourth-order valence-electron chi connectivity index (χ4n) is 0.400. The van der Waals surface area contributed by atoms with Gasteiger partial charge in [0.25, 0.3) is 0 Å². The van der Waals surface area contributed by atoms with Gasteiger partial charge in [0.1, 0.15) is 0 Å². The van der Waals surface area contributed by atoms with Gasteiger partial charge in [-0.2, -0.15) is 0 Å². The Bertz CT molecular complexity index is 114. The third-order valence-electron chi connectivity index (χ3n) is 0.801. The highest BCUT2D eigenvalue weighted by atomic mass is 14.7. The van der Waals surface area contributed by atoms with E-state index in [0.29, 0.717) is 18.2 Å². The van der Waals surface area contributed by atoms with Crippen LogP contribution in [0.3, 0.4) is 0 Å². The van der Waals surface area contributed by atoms with Gasteiger partial charge in [0.15, 0.2) is 0 Å². The lowest BCUT2D eigenvalue weighted by Gasteiger charge is -1.92. The molecule has 0 aliphatic heterocycles. The molecule has 0 aliphatic rings. The minimum absolute atomic E-state index is 0.365. The number of nitrogens with one attached hydrogen (secondary N) is 1. The maximum absolute atomic E-state index is 7.05. The van der Waals surface area contributed by atoms with Crippen LogP contribution in [0.5, 0.6) is 0 Å². The Hall–Kier alpha value is -0.660. The summed E-state index contributed by atoms with van der Waals surface area (Å²) in [7, 11) is 0. The van der Waals surface area contributed by atoms with E-state index in [1.54, 1.807) is 13.1 Å². The molecule has 0 fully saturated rings.